The van der Waals surface area contributed by atoms with Gasteiger partial charge in [0.15, 0.2) is 0 Å². The molecule has 8 heteroatoms. The first kappa shape index (κ1) is 25.3. The maximum Gasteiger partial charge on any atom is 0.201 e. The van der Waals surface area contributed by atoms with Crippen molar-refractivity contribution in [3.8, 4) is 34.5 Å². The van der Waals surface area contributed by atoms with Crippen LogP contribution in [0.4, 0.5) is 0 Å². The van der Waals surface area contributed by atoms with E-state index in [-0.39, 0.29) is 33.8 Å². The Morgan fingerprint density at radius 1 is 0.525 bits per heavy atom. The maximum atomic E-state index is 13.9. The zero-order valence-corrected chi connectivity index (χ0v) is 22.2. The quantitative estimate of drug-likeness (QED) is 0.280. The van der Waals surface area contributed by atoms with Gasteiger partial charge in [-0.2, -0.15) is 0 Å². The first-order chi connectivity index (χ1) is 19.0. The first-order valence-corrected chi connectivity index (χ1v) is 12.6. The molecule has 2 aliphatic carbocycles. The lowest BCUT2D eigenvalue weighted by molar-refractivity contribution is 0.101. The number of phenols is 4. The molecule has 0 radical (unpaired) electrons. The summed E-state index contributed by atoms with van der Waals surface area (Å²) in [6, 6.07) is 12.2. The van der Waals surface area contributed by atoms with E-state index < -0.39 is 34.9 Å². The fraction of sp³-hybridized carbons (Fsp3) is 0.188. The predicted octanol–water partition coefficient (Wildman–Crippen LogP) is 5.20. The van der Waals surface area contributed by atoms with Crippen molar-refractivity contribution in [2.75, 3.05) is 14.2 Å². The van der Waals surface area contributed by atoms with Crippen molar-refractivity contribution in [3.05, 3.63) is 104 Å². The second kappa shape index (κ2) is 8.77. The number of hydrogen-bond acceptors (Lipinski definition) is 8. The molecular formula is C32H26O8. The number of carbonyl (C=O) groups excluding carboxylic acids is 2. The van der Waals surface area contributed by atoms with Crippen LogP contribution in [-0.4, -0.2) is 46.2 Å². The van der Waals surface area contributed by atoms with Crippen molar-refractivity contribution in [2.45, 2.75) is 25.7 Å². The average Bonchev–Trinajstić information content (AvgIpc) is 2.88. The van der Waals surface area contributed by atoms with E-state index in [9.17, 15) is 30.0 Å². The molecule has 0 saturated carbocycles. The number of methoxy groups -OCH3 is 2. The summed E-state index contributed by atoms with van der Waals surface area (Å²) in [6.07, 6.45) is 0. The molecule has 202 valence electrons. The largest absolute Gasteiger partial charge is 0.508 e. The van der Waals surface area contributed by atoms with Crippen LogP contribution >= 0.6 is 0 Å². The zero-order valence-electron chi connectivity index (χ0n) is 22.2. The Morgan fingerprint density at radius 3 is 1.23 bits per heavy atom. The highest BCUT2D eigenvalue weighted by Gasteiger charge is 2.46. The summed E-state index contributed by atoms with van der Waals surface area (Å²) in [5.41, 5.74) is 3.87. The molecule has 2 atom stereocenters. The maximum absolute atomic E-state index is 13.9. The summed E-state index contributed by atoms with van der Waals surface area (Å²) in [5.74, 6) is -3.10. The fourth-order valence-corrected chi connectivity index (χ4v) is 6.41. The van der Waals surface area contributed by atoms with E-state index in [2.05, 4.69) is 0 Å². The normalized spacial score (nSPS) is 17.0. The van der Waals surface area contributed by atoms with E-state index in [1.165, 1.54) is 26.4 Å². The number of ketones is 2. The van der Waals surface area contributed by atoms with Crippen molar-refractivity contribution < 1.29 is 39.5 Å². The second-order valence-corrected chi connectivity index (χ2v) is 10.3. The highest BCUT2D eigenvalue weighted by Crippen LogP contribution is 2.57. The molecule has 4 aromatic rings. The predicted molar refractivity (Wildman–Crippen MR) is 146 cm³/mol. The van der Waals surface area contributed by atoms with E-state index in [1.54, 1.807) is 12.1 Å². The van der Waals surface area contributed by atoms with Crippen LogP contribution in [-0.2, 0) is 0 Å². The van der Waals surface area contributed by atoms with Crippen molar-refractivity contribution in [3.63, 3.8) is 0 Å². The van der Waals surface area contributed by atoms with Gasteiger partial charge in [-0.15, -0.1) is 0 Å². The molecule has 0 fully saturated rings. The van der Waals surface area contributed by atoms with E-state index in [0.29, 0.717) is 33.8 Å². The minimum atomic E-state index is -0.757. The van der Waals surface area contributed by atoms with Gasteiger partial charge in [0, 0.05) is 24.0 Å². The van der Waals surface area contributed by atoms with Crippen LogP contribution in [0.5, 0.6) is 34.5 Å². The number of fused-ring (bicyclic) bond motifs is 4. The van der Waals surface area contributed by atoms with Gasteiger partial charge < -0.3 is 29.9 Å². The molecule has 2 unspecified atom stereocenters. The SMILES string of the molecule is COc1cc(C)cc2c1C(=O)c1c(O)cc(O)cc1C2C1c2cc(O)cc(O)c2C(=O)c2c(OC)cc(C)cc21. The van der Waals surface area contributed by atoms with Crippen LogP contribution in [0.3, 0.4) is 0 Å². The Kier molecular flexibility index (Phi) is 5.55. The Morgan fingerprint density at radius 2 is 0.875 bits per heavy atom. The molecule has 40 heavy (non-hydrogen) atoms. The summed E-state index contributed by atoms with van der Waals surface area (Å²) in [6.45, 7) is 3.72. The van der Waals surface area contributed by atoms with Crippen LogP contribution < -0.4 is 9.47 Å². The number of aromatic hydroxyl groups is 4. The summed E-state index contributed by atoms with van der Waals surface area (Å²) in [5, 5.41) is 43.0. The highest BCUT2D eigenvalue weighted by molar-refractivity contribution is 6.18. The molecule has 0 heterocycles. The molecule has 2 aliphatic rings. The molecule has 4 aromatic carbocycles. The van der Waals surface area contributed by atoms with E-state index in [4.69, 9.17) is 9.47 Å². The highest BCUT2D eigenvalue weighted by atomic mass is 16.5. The number of rotatable bonds is 3. The van der Waals surface area contributed by atoms with Gasteiger partial charge in [0.2, 0.25) is 11.6 Å². The minimum Gasteiger partial charge on any atom is -0.508 e. The molecule has 0 bridgehead atoms. The first-order valence-electron chi connectivity index (χ1n) is 12.6. The third kappa shape index (κ3) is 3.45. The third-order valence-corrected chi connectivity index (χ3v) is 7.84. The Balaban J connectivity index is 1.81. The molecule has 4 N–H and O–H groups in total. The number of aryl methyl sites for hydroxylation is 2. The minimum absolute atomic E-state index is 0.00134. The Hall–Kier alpha value is -4.98. The Labute approximate surface area is 229 Å². The zero-order chi connectivity index (χ0) is 28.6. The molecular weight excluding hydrogens is 512 g/mol. The second-order valence-electron chi connectivity index (χ2n) is 10.3. The number of carbonyl (C=O) groups is 2. The van der Waals surface area contributed by atoms with Crippen LogP contribution in [0.2, 0.25) is 0 Å². The molecule has 0 aromatic heterocycles. The van der Waals surface area contributed by atoms with E-state index >= 15 is 0 Å². The van der Waals surface area contributed by atoms with Crippen LogP contribution in [0.15, 0.2) is 48.5 Å². The standard InChI is InChI=1S/C32H26O8/c1-13-5-17-25(19-9-15(33)11-21(35)27(19)31(37)29(17)23(7-13)39-3)26-18-6-14(2)8-24(40-4)30(18)32(38)28-20(26)10-16(34)12-22(28)36/h5-12,25-26,33-36H,1-4H3. The summed E-state index contributed by atoms with van der Waals surface area (Å²) in [7, 11) is 2.91. The smallest absolute Gasteiger partial charge is 0.201 e. The number of hydrogen-bond donors (Lipinski definition) is 4. The van der Waals surface area contributed by atoms with Gasteiger partial charge in [0.05, 0.1) is 36.5 Å². The van der Waals surface area contributed by atoms with Crippen molar-refractivity contribution in [1.82, 2.24) is 0 Å². The molecule has 0 spiro atoms. The number of phenolic OH excluding ortho intramolecular Hbond substituents is 4. The Bertz CT molecular complexity index is 1650. The molecule has 0 amide bonds. The van der Waals surface area contributed by atoms with Crippen molar-refractivity contribution in [1.29, 1.82) is 0 Å². The van der Waals surface area contributed by atoms with Crippen LogP contribution in [0, 0.1) is 13.8 Å². The van der Waals surface area contributed by atoms with Crippen molar-refractivity contribution >= 4 is 11.6 Å². The lowest BCUT2D eigenvalue weighted by Gasteiger charge is -2.39. The average molecular weight is 539 g/mol. The van der Waals surface area contributed by atoms with E-state index in [1.807, 2.05) is 26.0 Å². The number of benzene rings is 4. The topological polar surface area (TPSA) is 134 Å². The number of ether oxygens (including phenoxy) is 2. The molecule has 6 rings (SSSR count). The van der Waals surface area contributed by atoms with Crippen molar-refractivity contribution in [2.24, 2.45) is 0 Å². The van der Waals surface area contributed by atoms with Gasteiger partial charge in [-0.05, 0) is 71.5 Å². The lowest BCUT2D eigenvalue weighted by atomic mass is 9.63. The summed E-state index contributed by atoms with van der Waals surface area (Å²) >= 11 is 0. The van der Waals surface area contributed by atoms with Gasteiger partial charge in [0.25, 0.3) is 0 Å². The van der Waals surface area contributed by atoms with Gasteiger partial charge in [-0.1, -0.05) is 12.1 Å². The molecule has 0 saturated heterocycles. The summed E-state index contributed by atoms with van der Waals surface area (Å²) in [4.78, 5) is 27.8. The van der Waals surface area contributed by atoms with Gasteiger partial charge in [-0.25, -0.2) is 0 Å². The van der Waals surface area contributed by atoms with Gasteiger partial charge in [0.1, 0.15) is 34.5 Å². The van der Waals surface area contributed by atoms with Gasteiger partial charge in [-0.3, -0.25) is 9.59 Å². The summed E-state index contributed by atoms with van der Waals surface area (Å²) < 4.78 is 11.2. The molecule has 8 nitrogen and oxygen atoms in total. The molecule has 0 aliphatic heterocycles. The van der Waals surface area contributed by atoms with Crippen LogP contribution in [0.25, 0.3) is 0 Å². The lowest BCUT2D eigenvalue weighted by Crippen LogP contribution is -2.30. The van der Waals surface area contributed by atoms with Gasteiger partial charge >= 0.3 is 0 Å². The third-order valence-electron chi connectivity index (χ3n) is 7.84. The van der Waals surface area contributed by atoms with E-state index in [0.717, 1.165) is 23.3 Å². The van der Waals surface area contributed by atoms with Crippen LogP contribution in [0.1, 0.15) is 77.1 Å². The monoisotopic (exact) mass is 538 g/mol. The fourth-order valence-electron chi connectivity index (χ4n) is 6.41.